The Hall–Kier alpha value is -2.95. The van der Waals surface area contributed by atoms with E-state index in [0.29, 0.717) is 49.2 Å². The number of aliphatic hydroxyl groups is 1. The van der Waals surface area contributed by atoms with E-state index >= 15 is 0 Å². The highest BCUT2D eigenvalue weighted by Crippen LogP contribution is 2.40. The second-order valence-corrected chi connectivity index (χ2v) is 9.22. The van der Waals surface area contributed by atoms with Crippen molar-refractivity contribution in [3.8, 4) is 0 Å². The predicted molar refractivity (Wildman–Crippen MR) is 139 cm³/mol. The molecule has 0 aliphatic rings. The molecule has 0 aliphatic heterocycles. The Labute approximate surface area is 212 Å². The van der Waals surface area contributed by atoms with Gasteiger partial charge < -0.3 is 5.11 Å². The van der Waals surface area contributed by atoms with Crippen LogP contribution in [0.2, 0.25) is 15.2 Å². The van der Waals surface area contributed by atoms with Gasteiger partial charge in [-0.2, -0.15) is 0 Å². The van der Waals surface area contributed by atoms with Gasteiger partial charge in [0, 0.05) is 40.4 Å². The molecule has 5 rings (SSSR count). The Morgan fingerprint density at radius 1 is 0.765 bits per heavy atom. The second kappa shape index (κ2) is 9.36. The molecular formula is C28H19Cl3N2O. The first kappa shape index (κ1) is 22.8. The number of hydrogen-bond acceptors (Lipinski definition) is 3. The highest BCUT2D eigenvalue weighted by molar-refractivity contribution is 6.39. The Bertz CT molecular complexity index is 1480. The summed E-state index contributed by atoms with van der Waals surface area (Å²) in [6.45, 7) is 0. The van der Waals surface area contributed by atoms with Crippen molar-refractivity contribution in [2.75, 3.05) is 0 Å². The lowest BCUT2D eigenvalue weighted by Crippen LogP contribution is -2.29. The molecule has 0 saturated carbocycles. The minimum Gasteiger partial charge on any atom is -0.376 e. The van der Waals surface area contributed by atoms with Crippen molar-refractivity contribution >= 4 is 45.7 Å². The Morgan fingerprint density at radius 3 is 2.26 bits per heavy atom. The summed E-state index contributed by atoms with van der Waals surface area (Å²) in [5.41, 5.74) is 2.81. The second-order valence-electron chi connectivity index (χ2n) is 8.05. The standard InChI is InChI=1S/C28H19Cl3N2O/c29-22-10-4-8-19(15-22)28(34,21-9-5-13-32-17-21)20-11-12-25-23(16-20)26(30)24(27(31)33-25)14-18-6-2-1-3-7-18/h1-13,15-17,34H,14H2. The zero-order chi connectivity index (χ0) is 23.7. The van der Waals surface area contributed by atoms with Gasteiger partial charge in [0.25, 0.3) is 0 Å². The van der Waals surface area contributed by atoms with Crippen molar-refractivity contribution < 1.29 is 5.11 Å². The van der Waals surface area contributed by atoms with Crippen molar-refractivity contribution in [1.29, 1.82) is 0 Å². The van der Waals surface area contributed by atoms with E-state index in [0.717, 1.165) is 11.1 Å². The van der Waals surface area contributed by atoms with Gasteiger partial charge in [-0.1, -0.05) is 89.4 Å². The van der Waals surface area contributed by atoms with Crippen molar-refractivity contribution in [3.05, 3.63) is 140 Å². The van der Waals surface area contributed by atoms with E-state index in [1.807, 2.05) is 66.7 Å². The maximum absolute atomic E-state index is 12.2. The van der Waals surface area contributed by atoms with Crippen LogP contribution in [-0.4, -0.2) is 15.1 Å². The fraction of sp³-hybridized carbons (Fsp3) is 0.0714. The molecule has 0 bridgehead atoms. The summed E-state index contributed by atoms with van der Waals surface area (Å²) in [5.74, 6) is 0. The number of benzene rings is 3. The first-order valence-corrected chi connectivity index (χ1v) is 11.8. The topological polar surface area (TPSA) is 46.0 Å². The van der Waals surface area contributed by atoms with Gasteiger partial charge in [0.2, 0.25) is 0 Å². The fourth-order valence-electron chi connectivity index (χ4n) is 4.20. The molecule has 3 aromatic carbocycles. The van der Waals surface area contributed by atoms with E-state index in [1.165, 1.54) is 0 Å². The number of halogens is 3. The van der Waals surface area contributed by atoms with Gasteiger partial charge in [-0.3, -0.25) is 4.98 Å². The average Bonchev–Trinajstić information content (AvgIpc) is 2.87. The van der Waals surface area contributed by atoms with Crippen molar-refractivity contribution in [3.63, 3.8) is 0 Å². The lowest BCUT2D eigenvalue weighted by molar-refractivity contribution is 0.125. The van der Waals surface area contributed by atoms with Gasteiger partial charge in [-0.25, -0.2) is 4.98 Å². The Kier molecular flexibility index (Phi) is 6.28. The van der Waals surface area contributed by atoms with Crippen LogP contribution in [0.1, 0.15) is 27.8 Å². The molecule has 6 heteroatoms. The van der Waals surface area contributed by atoms with Gasteiger partial charge in [0.05, 0.1) is 10.5 Å². The highest BCUT2D eigenvalue weighted by atomic mass is 35.5. The van der Waals surface area contributed by atoms with Crippen molar-refractivity contribution in [2.45, 2.75) is 12.0 Å². The fourth-order valence-corrected chi connectivity index (χ4v) is 5.00. The zero-order valence-electron chi connectivity index (χ0n) is 17.9. The summed E-state index contributed by atoms with van der Waals surface area (Å²) in [6, 6.07) is 26.3. The van der Waals surface area contributed by atoms with Crippen LogP contribution in [0, 0.1) is 0 Å². The van der Waals surface area contributed by atoms with E-state index in [-0.39, 0.29) is 0 Å². The van der Waals surface area contributed by atoms with Gasteiger partial charge in [0.15, 0.2) is 0 Å². The first-order valence-electron chi connectivity index (χ1n) is 10.7. The van der Waals surface area contributed by atoms with Crippen LogP contribution >= 0.6 is 34.8 Å². The molecule has 0 fully saturated rings. The summed E-state index contributed by atoms with van der Waals surface area (Å²) in [5, 5.41) is 14.3. The molecule has 3 nitrogen and oxygen atoms in total. The van der Waals surface area contributed by atoms with Crippen LogP contribution in [0.25, 0.3) is 10.9 Å². The summed E-state index contributed by atoms with van der Waals surface area (Å²) in [4.78, 5) is 8.81. The molecule has 0 saturated heterocycles. The smallest absolute Gasteiger partial charge is 0.142 e. The Balaban J connectivity index is 1.71. The predicted octanol–water partition coefficient (Wildman–Crippen LogP) is 7.47. The normalized spacial score (nSPS) is 13.1. The lowest BCUT2D eigenvalue weighted by atomic mass is 9.80. The van der Waals surface area contributed by atoms with Crippen LogP contribution in [-0.2, 0) is 12.0 Å². The van der Waals surface area contributed by atoms with Crippen LogP contribution in [0.4, 0.5) is 0 Å². The SMILES string of the molecule is OC(c1cccnc1)(c1cccc(Cl)c1)c1ccc2nc(Cl)c(Cc3ccccc3)c(Cl)c2c1. The maximum atomic E-state index is 12.2. The van der Waals surface area contributed by atoms with E-state index in [9.17, 15) is 5.11 Å². The number of hydrogen-bond donors (Lipinski definition) is 1. The lowest BCUT2D eigenvalue weighted by Gasteiger charge is -2.30. The third-order valence-electron chi connectivity index (χ3n) is 5.93. The van der Waals surface area contributed by atoms with E-state index in [2.05, 4.69) is 9.97 Å². The molecule has 1 unspecified atom stereocenters. The zero-order valence-corrected chi connectivity index (χ0v) is 20.2. The van der Waals surface area contributed by atoms with Gasteiger partial charge in [-0.05, 0) is 47.0 Å². The molecule has 0 radical (unpaired) electrons. The number of pyridine rings is 2. The Morgan fingerprint density at radius 2 is 1.53 bits per heavy atom. The van der Waals surface area contributed by atoms with Gasteiger partial charge in [-0.15, -0.1) is 0 Å². The molecule has 168 valence electrons. The van der Waals surface area contributed by atoms with Gasteiger partial charge in [0.1, 0.15) is 10.8 Å². The van der Waals surface area contributed by atoms with Gasteiger partial charge >= 0.3 is 0 Å². The number of fused-ring (bicyclic) bond motifs is 1. The van der Waals surface area contributed by atoms with E-state index < -0.39 is 5.60 Å². The van der Waals surface area contributed by atoms with E-state index in [1.54, 1.807) is 30.6 Å². The summed E-state index contributed by atoms with van der Waals surface area (Å²) in [6.07, 6.45) is 3.86. The summed E-state index contributed by atoms with van der Waals surface area (Å²) < 4.78 is 0. The summed E-state index contributed by atoms with van der Waals surface area (Å²) in [7, 11) is 0. The molecule has 0 spiro atoms. The molecular weight excluding hydrogens is 487 g/mol. The molecule has 0 amide bonds. The number of aromatic nitrogens is 2. The van der Waals surface area contributed by atoms with Crippen LogP contribution in [0.3, 0.4) is 0 Å². The third kappa shape index (κ3) is 4.17. The largest absolute Gasteiger partial charge is 0.376 e. The van der Waals surface area contributed by atoms with Crippen LogP contribution in [0.15, 0.2) is 97.3 Å². The van der Waals surface area contributed by atoms with Crippen LogP contribution in [0.5, 0.6) is 0 Å². The minimum atomic E-state index is -1.50. The third-order valence-corrected chi connectivity index (χ3v) is 6.91. The van der Waals surface area contributed by atoms with Crippen molar-refractivity contribution in [2.24, 2.45) is 0 Å². The van der Waals surface area contributed by atoms with Crippen LogP contribution < -0.4 is 0 Å². The molecule has 5 aromatic rings. The minimum absolute atomic E-state index is 0.367. The van der Waals surface area contributed by atoms with E-state index in [4.69, 9.17) is 34.8 Å². The first-order chi connectivity index (χ1) is 16.5. The summed E-state index contributed by atoms with van der Waals surface area (Å²) >= 11 is 19.7. The molecule has 0 aliphatic carbocycles. The molecule has 2 heterocycles. The number of rotatable bonds is 5. The van der Waals surface area contributed by atoms with Crippen molar-refractivity contribution in [1.82, 2.24) is 9.97 Å². The highest BCUT2D eigenvalue weighted by Gasteiger charge is 2.35. The average molecular weight is 506 g/mol. The molecule has 1 atom stereocenters. The number of nitrogens with zero attached hydrogens (tertiary/aromatic N) is 2. The monoisotopic (exact) mass is 504 g/mol. The maximum Gasteiger partial charge on any atom is 0.142 e. The molecule has 2 aromatic heterocycles. The quantitative estimate of drug-likeness (QED) is 0.252. The molecule has 34 heavy (non-hydrogen) atoms. The molecule has 1 N–H and O–H groups in total.